The van der Waals surface area contributed by atoms with E-state index in [0.29, 0.717) is 26.3 Å². The van der Waals surface area contributed by atoms with Crippen LogP contribution < -0.4 is 20.5 Å². The van der Waals surface area contributed by atoms with E-state index in [1.807, 2.05) is 50.9 Å². The number of benzene rings is 1. The van der Waals surface area contributed by atoms with E-state index in [1.165, 1.54) is 5.57 Å². The lowest BCUT2D eigenvalue weighted by Gasteiger charge is -2.24. The fraction of sp³-hybridized carbons (Fsp3) is 0.625. The number of ether oxygens (including phenoxy) is 3. The molecule has 1 amide bonds. The molecule has 1 rings (SSSR count). The van der Waals surface area contributed by atoms with Crippen molar-refractivity contribution in [1.29, 1.82) is 0 Å². The van der Waals surface area contributed by atoms with Crippen molar-refractivity contribution in [3.63, 3.8) is 0 Å². The summed E-state index contributed by atoms with van der Waals surface area (Å²) in [4.78, 5) is 13.8. The maximum atomic E-state index is 11.9. The third kappa shape index (κ3) is 9.19. The van der Waals surface area contributed by atoms with E-state index < -0.39 is 11.7 Å². The van der Waals surface area contributed by atoms with Crippen LogP contribution in [0.3, 0.4) is 0 Å². The van der Waals surface area contributed by atoms with Gasteiger partial charge in [0.2, 0.25) is 0 Å². The van der Waals surface area contributed by atoms with Gasteiger partial charge in [-0.1, -0.05) is 24.6 Å². The van der Waals surface area contributed by atoms with Crippen LogP contribution in [-0.2, 0) is 9.47 Å². The molecule has 0 saturated carbocycles. The van der Waals surface area contributed by atoms with Gasteiger partial charge in [-0.2, -0.15) is 0 Å². The number of likely N-dealkylation sites (N-methyl/N-ethyl adjacent to an activating group) is 1. The van der Waals surface area contributed by atoms with Gasteiger partial charge in [-0.25, -0.2) is 4.79 Å². The molecule has 0 heterocycles. The lowest BCUT2D eigenvalue weighted by molar-refractivity contribution is 0.0525. The second-order valence-corrected chi connectivity index (χ2v) is 8.46. The summed E-state index contributed by atoms with van der Waals surface area (Å²) in [5.74, 6) is 0.805. The van der Waals surface area contributed by atoms with Crippen LogP contribution in [0.4, 0.5) is 4.79 Å². The van der Waals surface area contributed by atoms with Gasteiger partial charge in [0.25, 0.3) is 0 Å². The molecule has 0 atom stereocenters. The lowest BCUT2D eigenvalue weighted by atomic mass is 10.1. The smallest absolute Gasteiger partial charge is 0.407 e. The number of nitrogens with one attached hydrogen (secondary N) is 1. The molecule has 0 unspecified atom stereocenters. The number of carbonyl (C=O) groups excluding carboxylic acids is 1. The van der Waals surface area contributed by atoms with Crippen LogP contribution in [0, 0.1) is 0 Å². The Balaban J connectivity index is 3.15. The van der Waals surface area contributed by atoms with Gasteiger partial charge in [-0.15, -0.1) is 0 Å². The number of hydrogen-bond donors (Lipinski definition) is 2. The molecular formula is C24H40N2O5. The number of amides is 1. The standard InChI is InChI=1S/C24H40N2O5/c1-8-18(2)22-19(11-9-12-21(22)30-16-10-15-29-7)20(17-27)26(6)14-13-25-23(28)31-24(3,4)5/h9,11-12,27H,8,10,13-17H2,1-7H3,(H,25,28)/b20-19-,22-18+. The minimum absolute atomic E-state index is 0.125. The summed E-state index contributed by atoms with van der Waals surface area (Å²) in [6.45, 7) is 11.7. The Morgan fingerprint density at radius 1 is 1.23 bits per heavy atom. The Bertz CT molecular complexity index is 814. The highest BCUT2D eigenvalue weighted by Crippen LogP contribution is 2.08. The van der Waals surface area contributed by atoms with Gasteiger partial charge in [0, 0.05) is 56.4 Å². The molecular weight excluding hydrogens is 396 g/mol. The number of methoxy groups -OCH3 is 1. The molecule has 0 aliphatic heterocycles. The molecule has 2 N–H and O–H groups in total. The van der Waals surface area contributed by atoms with E-state index in [9.17, 15) is 9.90 Å². The Morgan fingerprint density at radius 3 is 2.52 bits per heavy atom. The Morgan fingerprint density at radius 2 is 1.94 bits per heavy atom. The first kappa shape index (κ1) is 26.8. The normalized spacial score (nSPS) is 13.4. The zero-order valence-electron chi connectivity index (χ0n) is 20.2. The van der Waals surface area contributed by atoms with Gasteiger partial charge in [0.15, 0.2) is 0 Å². The van der Waals surface area contributed by atoms with Gasteiger partial charge in [0.05, 0.1) is 13.2 Å². The first-order chi connectivity index (χ1) is 14.6. The number of aliphatic hydroxyl groups is 1. The van der Waals surface area contributed by atoms with Crippen molar-refractivity contribution in [3.8, 4) is 5.75 Å². The topological polar surface area (TPSA) is 80.3 Å². The summed E-state index contributed by atoms with van der Waals surface area (Å²) in [5.41, 5.74) is 1.42. The number of aliphatic hydroxyl groups excluding tert-OH is 1. The van der Waals surface area contributed by atoms with Crippen molar-refractivity contribution in [2.24, 2.45) is 0 Å². The summed E-state index contributed by atoms with van der Waals surface area (Å²) in [7, 11) is 3.58. The number of nitrogens with zero attached hydrogens (tertiary/aromatic N) is 1. The highest BCUT2D eigenvalue weighted by atomic mass is 16.6. The molecule has 1 aromatic carbocycles. The average Bonchev–Trinajstić information content (AvgIpc) is 2.70. The summed E-state index contributed by atoms with van der Waals surface area (Å²) < 4.78 is 16.4. The van der Waals surface area contributed by atoms with Crippen LogP contribution in [0.1, 0.15) is 47.5 Å². The molecule has 0 saturated heterocycles. The van der Waals surface area contributed by atoms with E-state index in [0.717, 1.165) is 34.7 Å². The monoisotopic (exact) mass is 436 g/mol. The number of alkyl carbamates (subject to hydrolysis) is 1. The van der Waals surface area contributed by atoms with Gasteiger partial charge in [-0.3, -0.25) is 0 Å². The summed E-state index contributed by atoms with van der Waals surface area (Å²) >= 11 is 0. The van der Waals surface area contributed by atoms with E-state index in [-0.39, 0.29) is 6.61 Å². The first-order valence-corrected chi connectivity index (χ1v) is 10.9. The fourth-order valence-corrected chi connectivity index (χ4v) is 3.08. The quantitative estimate of drug-likeness (QED) is 0.518. The SMILES string of the molecule is CC/C(C)=c1/c(OCCCOC)ccc/c1=C(\CO)N(C)CCNC(=O)OC(C)(C)C. The molecule has 31 heavy (non-hydrogen) atoms. The van der Waals surface area contributed by atoms with E-state index >= 15 is 0 Å². The zero-order valence-corrected chi connectivity index (χ0v) is 20.2. The van der Waals surface area contributed by atoms with Crippen LogP contribution >= 0.6 is 0 Å². The highest BCUT2D eigenvalue weighted by Gasteiger charge is 2.16. The van der Waals surface area contributed by atoms with Gasteiger partial charge in [0.1, 0.15) is 11.4 Å². The fourth-order valence-electron chi connectivity index (χ4n) is 3.08. The molecule has 0 fully saturated rings. The predicted octanol–water partition coefficient (Wildman–Crippen LogP) is 2.24. The summed E-state index contributed by atoms with van der Waals surface area (Å²) in [5, 5.41) is 14.9. The van der Waals surface area contributed by atoms with Crippen molar-refractivity contribution in [1.82, 2.24) is 10.2 Å². The van der Waals surface area contributed by atoms with Crippen LogP contribution in [0.5, 0.6) is 5.75 Å². The van der Waals surface area contributed by atoms with Crippen LogP contribution in [-0.4, -0.2) is 68.8 Å². The van der Waals surface area contributed by atoms with Crippen LogP contribution in [0.2, 0.25) is 0 Å². The number of carbonyl (C=O) groups is 1. The largest absolute Gasteiger partial charge is 0.493 e. The molecule has 7 nitrogen and oxygen atoms in total. The predicted molar refractivity (Wildman–Crippen MR) is 124 cm³/mol. The van der Waals surface area contributed by atoms with Crippen LogP contribution in [0.25, 0.3) is 11.3 Å². The Labute approximate surface area is 186 Å². The minimum Gasteiger partial charge on any atom is -0.493 e. The third-order valence-corrected chi connectivity index (χ3v) is 4.77. The van der Waals surface area contributed by atoms with Crippen molar-refractivity contribution >= 4 is 17.4 Å². The number of hydrogen-bond acceptors (Lipinski definition) is 6. The molecule has 0 aliphatic carbocycles. The molecule has 1 aromatic rings. The molecule has 0 bridgehead atoms. The zero-order chi connectivity index (χ0) is 23.4. The van der Waals surface area contributed by atoms with Crippen molar-refractivity contribution < 1.29 is 24.1 Å². The van der Waals surface area contributed by atoms with Crippen molar-refractivity contribution in [3.05, 3.63) is 28.6 Å². The summed E-state index contributed by atoms with van der Waals surface area (Å²) in [6.07, 6.45) is 1.22. The van der Waals surface area contributed by atoms with E-state index in [1.54, 1.807) is 7.11 Å². The summed E-state index contributed by atoms with van der Waals surface area (Å²) in [6, 6.07) is 5.90. The molecule has 176 valence electrons. The van der Waals surface area contributed by atoms with Gasteiger partial charge in [-0.05, 0) is 40.2 Å². The van der Waals surface area contributed by atoms with E-state index in [4.69, 9.17) is 14.2 Å². The number of rotatable bonds is 11. The molecule has 7 heteroatoms. The van der Waals surface area contributed by atoms with Gasteiger partial charge >= 0.3 is 6.09 Å². The third-order valence-electron chi connectivity index (χ3n) is 4.77. The van der Waals surface area contributed by atoms with Crippen molar-refractivity contribution in [2.45, 2.75) is 53.1 Å². The highest BCUT2D eigenvalue weighted by molar-refractivity contribution is 5.67. The molecule has 0 aliphatic rings. The molecule has 0 radical (unpaired) electrons. The average molecular weight is 437 g/mol. The van der Waals surface area contributed by atoms with Crippen LogP contribution in [0.15, 0.2) is 18.2 Å². The first-order valence-electron chi connectivity index (χ1n) is 10.9. The van der Waals surface area contributed by atoms with E-state index in [2.05, 4.69) is 19.2 Å². The lowest BCUT2D eigenvalue weighted by Crippen LogP contribution is -2.40. The maximum absolute atomic E-state index is 11.9. The minimum atomic E-state index is -0.537. The maximum Gasteiger partial charge on any atom is 0.407 e. The Kier molecular flexibility index (Phi) is 11.4. The molecule has 0 spiro atoms. The Hall–Kier alpha value is -2.25. The van der Waals surface area contributed by atoms with Gasteiger partial charge < -0.3 is 29.5 Å². The van der Waals surface area contributed by atoms with Crippen molar-refractivity contribution in [2.75, 3.05) is 47.1 Å². The second-order valence-electron chi connectivity index (χ2n) is 8.46. The molecule has 0 aromatic heterocycles. The second kappa shape index (κ2) is 13.2.